The average Bonchev–Trinajstić information content (AvgIpc) is 3.59. The van der Waals surface area contributed by atoms with Crippen molar-refractivity contribution in [1.29, 1.82) is 0 Å². The fraction of sp³-hybridized carbons (Fsp3) is 0.593. The summed E-state index contributed by atoms with van der Waals surface area (Å²) in [5.41, 5.74) is 6.93. The van der Waals surface area contributed by atoms with Crippen LogP contribution in [0.4, 0.5) is 0 Å². The third-order valence-corrected chi connectivity index (χ3v) is 16.2. The SMILES string of the molecule is CC/C(=C(\c1ccccc1)c1ccc(OCCN(C)C(=O)CC[C@@H](C)[C@H]2CC[C@H]3[C@@H]4CC[C@@H]5C[C@H](OC(=O)C[N+](C)(C)C)CC[C@]5(C)[C@H]4CC[C@]23C)cc1)c1ccccc1.[Cl-]. The van der Waals surface area contributed by atoms with Gasteiger partial charge in [0.1, 0.15) is 18.5 Å². The molecule has 4 fully saturated rings. The van der Waals surface area contributed by atoms with Crippen LogP contribution >= 0.6 is 0 Å². The molecule has 0 spiro atoms. The van der Waals surface area contributed by atoms with Crippen molar-refractivity contribution in [1.82, 2.24) is 4.90 Å². The predicted octanol–water partition coefficient (Wildman–Crippen LogP) is 8.59. The van der Waals surface area contributed by atoms with E-state index in [0.29, 0.717) is 59.2 Å². The zero-order valence-electron chi connectivity index (χ0n) is 38.6. The Morgan fingerprint density at radius 2 is 1.41 bits per heavy atom. The summed E-state index contributed by atoms with van der Waals surface area (Å²) in [6.07, 6.45) is 13.8. The van der Waals surface area contributed by atoms with Crippen molar-refractivity contribution in [2.45, 2.75) is 111 Å². The van der Waals surface area contributed by atoms with Gasteiger partial charge in [-0.25, -0.2) is 4.79 Å². The lowest BCUT2D eigenvalue weighted by molar-refractivity contribution is -0.862. The lowest BCUT2D eigenvalue weighted by Gasteiger charge is -2.61. The maximum atomic E-state index is 13.5. The van der Waals surface area contributed by atoms with E-state index in [1.807, 2.05) is 11.9 Å². The predicted molar refractivity (Wildman–Crippen MR) is 245 cm³/mol. The van der Waals surface area contributed by atoms with Gasteiger partial charge in [-0.15, -0.1) is 0 Å². The number of nitrogens with zero attached hydrogens (tertiary/aromatic N) is 2. The maximum absolute atomic E-state index is 13.5. The minimum atomic E-state index is -0.0413. The quantitative estimate of drug-likeness (QED) is 0.0874. The topological polar surface area (TPSA) is 55.8 Å². The van der Waals surface area contributed by atoms with Crippen LogP contribution in [0.15, 0.2) is 84.9 Å². The number of carbonyl (C=O) groups excluding carboxylic acids is 2. The Balaban J connectivity index is 0.00000622. The third kappa shape index (κ3) is 10.4. The number of benzene rings is 3. The van der Waals surface area contributed by atoms with Crippen molar-refractivity contribution < 1.29 is 36.0 Å². The molecule has 0 aromatic heterocycles. The number of esters is 1. The Morgan fingerprint density at radius 1 is 0.787 bits per heavy atom. The summed E-state index contributed by atoms with van der Waals surface area (Å²) < 4.78 is 12.9. The highest BCUT2D eigenvalue weighted by Gasteiger charge is 2.60. The monoisotopic (exact) mass is 851 g/mol. The Labute approximate surface area is 374 Å². The fourth-order valence-electron chi connectivity index (χ4n) is 13.1. The highest BCUT2D eigenvalue weighted by Crippen LogP contribution is 2.68. The number of carbonyl (C=O) groups is 2. The van der Waals surface area contributed by atoms with E-state index >= 15 is 0 Å². The first-order valence-corrected chi connectivity index (χ1v) is 23.5. The van der Waals surface area contributed by atoms with Gasteiger partial charge in [0.05, 0.1) is 27.7 Å². The largest absolute Gasteiger partial charge is 1.00 e. The molecule has 0 saturated heterocycles. The molecule has 1 amide bonds. The molecule has 3 aromatic rings. The van der Waals surface area contributed by atoms with Crippen molar-refractivity contribution in [3.05, 3.63) is 102 Å². The van der Waals surface area contributed by atoms with Crippen LogP contribution in [0.2, 0.25) is 0 Å². The summed E-state index contributed by atoms with van der Waals surface area (Å²) in [5.74, 6) is 5.30. The molecule has 7 rings (SSSR count). The highest BCUT2D eigenvalue weighted by atomic mass is 35.5. The van der Waals surface area contributed by atoms with Crippen LogP contribution in [0.1, 0.15) is 121 Å². The molecule has 0 N–H and O–H groups in total. The molecule has 4 aliphatic rings. The number of halogens is 1. The number of quaternary nitrogens is 1. The number of amides is 1. The van der Waals surface area contributed by atoms with Crippen LogP contribution in [0.25, 0.3) is 11.1 Å². The van der Waals surface area contributed by atoms with Crippen LogP contribution in [-0.2, 0) is 14.3 Å². The van der Waals surface area contributed by atoms with E-state index in [2.05, 4.69) is 134 Å². The number of ether oxygens (including phenoxy) is 2. The molecular formula is C54H75ClN2O4. The zero-order valence-corrected chi connectivity index (χ0v) is 39.4. The summed E-state index contributed by atoms with van der Waals surface area (Å²) in [5, 5.41) is 0. The van der Waals surface area contributed by atoms with Gasteiger partial charge in [0, 0.05) is 13.5 Å². The van der Waals surface area contributed by atoms with Gasteiger partial charge in [0.15, 0.2) is 6.54 Å². The van der Waals surface area contributed by atoms with E-state index in [4.69, 9.17) is 9.47 Å². The van der Waals surface area contributed by atoms with E-state index < -0.39 is 0 Å². The number of allylic oxidation sites excluding steroid dienone is 1. The molecule has 0 heterocycles. The second kappa shape index (κ2) is 19.8. The zero-order chi connectivity index (χ0) is 42.7. The van der Waals surface area contributed by atoms with Crippen LogP contribution in [0.3, 0.4) is 0 Å². The molecule has 61 heavy (non-hydrogen) atoms. The summed E-state index contributed by atoms with van der Waals surface area (Å²) in [4.78, 5) is 28.0. The molecule has 0 aliphatic heterocycles. The smallest absolute Gasteiger partial charge is 0.362 e. The third-order valence-electron chi connectivity index (χ3n) is 16.2. The molecular weight excluding hydrogens is 776 g/mol. The van der Waals surface area contributed by atoms with Crippen LogP contribution < -0.4 is 17.1 Å². The van der Waals surface area contributed by atoms with E-state index in [0.717, 1.165) is 49.2 Å². The normalized spacial score (nSPS) is 29.1. The standard InChI is InChI=1S/C54H75N2O4.ClH/c1-9-45(39-16-12-10-13-17-39)52(40-18-14-11-15-19-40)41-21-24-43(25-22-41)59-35-34-55(5)50(57)29-20-38(2)47-27-28-48-46-26-23-42-36-44(60-51(58)37-56(6,7)8)30-32-53(42,3)49(46)31-33-54(47,48)4;/h10-19,21-22,24-25,38,42,44,46-49H,9,20,23,26-37H2,1-8H3;1H/q+1;/p-1/b52-45-;/t38-,42-,44-,46+,47-,48+,49+,53+,54-;/m1./s1. The van der Waals surface area contributed by atoms with E-state index in [-0.39, 0.29) is 30.4 Å². The van der Waals surface area contributed by atoms with Crippen molar-refractivity contribution in [2.75, 3.05) is 47.9 Å². The van der Waals surface area contributed by atoms with E-state index in [9.17, 15) is 9.59 Å². The summed E-state index contributed by atoms with van der Waals surface area (Å²) in [7, 11) is 8.09. The van der Waals surface area contributed by atoms with E-state index in [1.54, 1.807) is 0 Å². The van der Waals surface area contributed by atoms with Gasteiger partial charge in [-0.1, -0.05) is 100 Å². The number of rotatable bonds is 15. The van der Waals surface area contributed by atoms with Gasteiger partial charge in [0.2, 0.25) is 5.91 Å². The van der Waals surface area contributed by atoms with Crippen molar-refractivity contribution >= 4 is 23.0 Å². The fourth-order valence-corrected chi connectivity index (χ4v) is 13.1. The lowest BCUT2D eigenvalue weighted by atomic mass is 9.44. The average molecular weight is 852 g/mol. The summed E-state index contributed by atoms with van der Waals surface area (Å²) >= 11 is 0. The summed E-state index contributed by atoms with van der Waals surface area (Å²) in [6, 6.07) is 29.8. The molecule has 0 radical (unpaired) electrons. The molecule has 332 valence electrons. The molecule has 6 nitrogen and oxygen atoms in total. The molecule has 9 atom stereocenters. The minimum Gasteiger partial charge on any atom is -1.00 e. The van der Waals surface area contributed by atoms with Gasteiger partial charge in [-0.3, -0.25) is 4.79 Å². The van der Waals surface area contributed by atoms with Gasteiger partial charge < -0.3 is 31.3 Å². The molecule has 0 unspecified atom stereocenters. The van der Waals surface area contributed by atoms with E-state index in [1.165, 1.54) is 72.8 Å². The number of hydrogen-bond acceptors (Lipinski definition) is 4. The van der Waals surface area contributed by atoms with Gasteiger partial charge in [0.25, 0.3) is 0 Å². The first-order valence-electron chi connectivity index (χ1n) is 23.5. The Hall–Kier alpha value is -3.61. The number of fused-ring (bicyclic) bond motifs is 5. The second-order valence-corrected chi connectivity index (χ2v) is 20.9. The second-order valence-electron chi connectivity index (χ2n) is 20.9. The first kappa shape index (κ1) is 46.9. The van der Waals surface area contributed by atoms with Crippen molar-refractivity contribution in [2.24, 2.45) is 46.3 Å². The lowest BCUT2D eigenvalue weighted by Crippen LogP contribution is -3.00. The van der Waals surface area contributed by atoms with Crippen molar-refractivity contribution in [3.8, 4) is 5.75 Å². The van der Waals surface area contributed by atoms with Gasteiger partial charge >= 0.3 is 5.97 Å². The number of likely N-dealkylation sites (N-methyl/N-ethyl adjacent to an activating group) is 2. The molecule has 0 bridgehead atoms. The first-order chi connectivity index (χ1) is 28.7. The van der Waals surface area contributed by atoms with Gasteiger partial charge in [-0.05, 0) is 157 Å². The van der Waals surface area contributed by atoms with Gasteiger partial charge in [-0.2, -0.15) is 0 Å². The molecule has 4 aliphatic carbocycles. The van der Waals surface area contributed by atoms with Crippen molar-refractivity contribution in [3.63, 3.8) is 0 Å². The minimum absolute atomic E-state index is 0. The van der Waals surface area contributed by atoms with Crippen LogP contribution in [0, 0.1) is 46.3 Å². The Kier molecular flexibility index (Phi) is 15.2. The Morgan fingerprint density at radius 3 is 2.07 bits per heavy atom. The molecule has 4 saturated carbocycles. The highest BCUT2D eigenvalue weighted by molar-refractivity contribution is 5.98. The summed E-state index contributed by atoms with van der Waals surface area (Å²) in [6.45, 7) is 11.4. The molecule has 3 aromatic carbocycles. The number of hydrogen-bond donors (Lipinski definition) is 0. The Bertz CT molecular complexity index is 1940. The maximum Gasteiger partial charge on any atom is 0.362 e. The van der Waals surface area contributed by atoms with Crippen LogP contribution in [-0.4, -0.2) is 75.3 Å². The molecule has 7 heteroatoms. The van der Waals surface area contributed by atoms with Crippen LogP contribution in [0.5, 0.6) is 5.75 Å².